The second-order valence-electron chi connectivity index (χ2n) is 5.05. The number of nitrogens with one attached hydrogen (secondary N) is 1. The molecule has 1 aromatic carbocycles. The standard InChI is InChI=1S/C15H25NS/c1-12(2)7-8-16-9-10-17-15-11-13(3)5-6-14(15)4/h5-6,11-12,16H,7-10H2,1-4H3. The van der Waals surface area contributed by atoms with E-state index in [0.29, 0.717) is 0 Å². The van der Waals surface area contributed by atoms with Gasteiger partial charge in [-0.25, -0.2) is 0 Å². The number of hydrogen-bond acceptors (Lipinski definition) is 2. The predicted octanol–water partition coefficient (Wildman–Crippen LogP) is 4.03. The molecule has 0 heterocycles. The molecule has 1 N–H and O–H groups in total. The largest absolute Gasteiger partial charge is 0.316 e. The van der Waals surface area contributed by atoms with Crippen LogP contribution in [0.1, 0.15) is 31.4 Å². The summed E-state index contributed by atoms with van der Waals surface area (Å²) in [6, 6.07) is 6.68. The van der Waals surface area contributed by atoms with Crippen molar-refractivity contribution in [2.45, 2.75) is 39.0 Å². The molecule has 0 bridgehead atoms. The molecule has 0 atom stereocenters. The average Bonchev–Trinajstić information content (AvgIpc) is 2.27. The van der Waals surface area contributed by atoms with Crippen molar-refractivity contribution in [2.75, 3.05) is 18.8 Å². The molecule has 0 radical (unpaired) electrons. The molecule has 0 saturated carbocycles. The predicted molar refractivity (Wildman–Crippen MR) is 79.0 cm³/mol. The van der Waals surface area contributed by atoms with Gasteiger partial charge in [0, 0.05) is 17.2 Å². The molecule has 1 rings (SSSR count). The molecule has 0 spiro atoms. The molecule has 0 aliphatic rings. The highest BCUT2D eigenvalue weighted by atomic mass is 32.2. The van der Waals surface area contributed by atoms with Crippen molar-refractivity contribution in [1.29, 1.82) is 0 Å². The van der Waals surface area contributed by atoms with Crippen LogP contribution in [0.25, 0.3) is 0 Å². The van der Waals surface area contributed by atoms with Crippen LogP contribution in [-0.4, -0.2) is 18.8 Å². The quantitative estimate of drug-likeness (QED) is 0.580. The Morgan fingerprint density at radius 2 is 1.94 bits per heavy atom. The molecule has 0 aliphatic carbocycles. The first-order chi connectivity index (χ1) is 8.09. The van der Waals surface area contributed by atoms with Crippen LogP contribution in [-0.2, 0) is 0 Å². The first-order valence-electron chi connectivity index (χ1n) is 6.50. The van der Waals surface area contributed by atoms with Gasteiger partial charge in [-0.2, -0.15) is 0 Å². The Labute approximate surface area is 110 Å². The summed E-state index contributed by atoms with van der Waals surface area (Å²) in [5.74, 6) is 1.96. The van der Waals surface area contributed by atoms with E-state index in [1.807, 2.05) is 11.8 Å². The van der Waals surface area contributed by atoms with Gasteiger partial charge in [-0.1, -0.05) is 31.5 Å². The summed E-state index contributed by atoms with van der Waals surface area (Å²) in [6.45, 7) is 11.1. The second-order valence-corrected chi connectivity index (χ2v) is 6.19. The third-order valence-electron chi connectivity index (χ3n) is 2.78. The Morgan fingerprint density at radius 3 is 2.65 bits per heavy atom. The summed E-state index contributed by atoms with van der Waals surface area (Å²) in [6.07, 6.45) is 1.27. The van der Waals surface area contributed by atoms with Crippen LogP contribution in [0.5, 0.6) is 0 Å². The third-order valence-corrected chi connectivity index (χ3v) is 3.94. The van der Waals surface area contributed by atoms with Gasteiger partial charge in [0.05, 0.1) is 0 Å². The molecular weight excluding hydrogens is 226 g/mol. The van der Waals surface area contributed by atoms with Crippen LogP contribution < -0.4 is 5.32 Å². The second kappa shape index (κ2) is 7.78. The van der Waals surface area contributed by atoms with Crippen LogP contribution in [0.4, 0.5) is 0 Å². The van der Waals surface area contributed by atoms with Crippen molar-refractivity contribution >= 4 is 11.8 Å². The highest BCUT2D eigenvalue weighted by Gasteiger charge is 1.99. The fraction of sp³-hybridized carbons (Fsp3) is 0.600. The summed E-state index contributed by atoms with van der Waals surface area (Å²) >= 11 is 1.96. The molecule has 1 aromatic rings. The fourth-order valence-corrected chi connectivity index (χ4v) is 2.64. The minimum atomic E-state index is 0.800. The molecule has 1 nitrogen and oxygen atoms in total. The van der Waals surface area contributed by atoms with Crippen molar-refractivity contribution in [2.24, 2.45) is 5.92 Å². The Hall–Kier alpha value is -0.470. The zero-order valence-electron chi connectivity index (χ0n) is 11.5. The van der Waals surface area contributed by atoms with E-state index < -0.39 is 0 Å². The van der Waals surface area contributed by atoms with Crippen LogP contribution in [0.15, 0.2) is 23.1 Å². The Balaban J connectivity index is 2.20. The number of aryl methyl sites for hydroxylation is 2. The van der Waals surface area contributed by atoms with Crippen molar-refractivity contribution < 1.29 is 0 Å². The summed E-state index contributed by atoms with van der Waals surface area (Å²) in [5, 5.41) is 3.50. The molecular formula is C15H25NS. The molecule has 96 valence electrons. The molecule has 0 unspecified atom stereocenters. The smallest absolute Gasteiger partial charge is 0.0106 e. The van der Waals surface area contributed by atoms with Crippen molar-refractivity contribution in [3.05, 3.63) is 29.3 Å². The monoisotopic (exact) mass is 251 g/mol. The van der Waals surface area contributed by atoms with Crippen LogP contribution in [0.3, 0.4) is 0 Å². The fourth-order valence-electron chi connectivity index (χ4n) is 1.61. The maximum absolute atomic E-state index is 3.50. The summed E-state index contributed by atoms with van der Waals surface area (Å²) in [4.78, 5) is 1.43. The lowest BCUT2D eigenvalue weighted by Gasteiger charge is -2.08. The first kappa shape index (κ1) is 14.6. The summed E-state index contributed by atoms with van der Waals surface area (Å²) in [5.41, 5.74) is 2.74. The van der Waals surface area contributed by atoms with Gasteiger partial charge in [0.1, 0.15) is 0 Å². The molecule has 0 amide bonds. The maximum atomic E-state index is 3.50. The highest BCUT2D eigenvalue weighted by molar-refractivity contribution is 7.99. The number of rotatable bonds is 7. The maximum Gasteiger partial charge on any atom is 0.0106 e. The minimum Gasteiger partial charge on any atom is -0.316 e. The summed E-state index contributed by atoms with van der Waals surface area (Å²) < 4.78 is 0. The van der Waals surface area contributed by atoms with Gasteiger partial charge in [-0.15, -0.1) is 11.8 Å². The van der Waals surface area contributed by atoms with E-state index in [0.717, 1.165) is 24.8 Å². The first-order valence-corrected chi connectivity index (χ1v) is 7.49. The van der Waals surface area contributed by atoms with Crippen molar-refractivity contribution in [1.82, 2.24) is 5.32 Å². The van der Waals surface area contributed by atoms with Crippen LogP contribution >= 0.6 is 11.8 Å². The molecule has 0 fully saturated rings. The number of hydrogen-bond donors (Lipinski definition) is 1. The van der Waals surface area contributed by atoms with Gasteiger partial charge >= 0.3 is 0 Å². The van der Waals surface area contributed by atoms with Gasteiger partial charge in [0.2, 0.25) is 0 Å². The zero-order valence-corrected chi connectivity index (χ0v) is 12.4. The van der Waals surface area contributed by atoms with Gasteiger partial charge in [-0.05, 0) is 44.4 Å². The molecule has 2 heteroatoms. The number of benzene rings is 1. The van der Waals surface area contributed by atoms with E-state index in [4.69, 9.17) is 0 Å². The third kappa shape index (κ3) is 6.13. The Bertz CT molecular complexity index is 334. The van der Waals surface area contributed by atoms with E-state index in [-0.39, 0.29) is 0 Å². The lowest BCUT2D eigenvalue weighted by Crippen LogP contribution is -2.19. The van der Waals surface area contributed by atoms with Gasteiger partial charge in [0.25, 0.3) is 0 Å². The average molecular weight is 251 g/mol. The Kier molecular flexibility index (Phi) is 6.68. The molecule has 17 heavy (non-hydrogen) atoms. The number of thioether (sulfide) groups is 1. The molecule has 0 saturated heterocycles. The van der Waals surface area contributed by atoms with E-state index in [1.165, 1.54) is 22.4 Å². The van der Waals surface area contributed by atoms with E-state index in [9.17, 15) is 0 Å². The lowest BCUT2D eigenvalue weighted by atomic mass is 10.1. The zero-order chi connectivity index (χ0) is 12.7. The minimum absolute atomic E-state index is 0.800. The van der Waals surface area contributed by atoms with Gasteiger partial charge in [0.15, 0.2) is 0 Å². The van der Waals surface area contributed by atoms with Crippen LogP contribution in [0, 0.1) is 19.8 Å². The Morgan fingerprint density at radius 1 is 1.18 bits per heavy atom. The van der Waals surface area contributed by atoms with E-state index in [1.54, 1.807) is 0 Å². The lowest BCUT2D eigenvalue weighted by molar-refractivity contribution is 0.547. The van der Waals surface area contributed by atoms with E-state index >= 15 is 0 Å². The topological polar surface area (TPSA) is 12.0 Å². The van der Waals surface area contributed by atoms with Crippen LogP contribution in [0.2, 0.25) is 0 Å². The molecule has 0 aromatic heterocycles. The SMILES string of the molecule is Cc1ccc(C)c(SCCNCCC(C)C)c1. The highest BCUT2D eigenvalue weighted by Crippen LogP contribution is 2.22. The van der Waals surface area contributed by atoms with Gasteiger partial charge < -0.3 is 5.32 Å². The van der Waals surface area contributed by atoms with Crippen molar-refractivity contribution in [3.8, 4) is 0 Å². The van der Waals surface area contributed by atoms with E-state index in [2.05, 4.69) is 51.2 Å². The summed E-state index contributed by atoms with van der Waals surface area (Å²) in [7, 11) is 0. The normalized spacial score (nSPS) is 11.1. The molecule has 0 aliphatic heterocycles. The van der Waals surface area contributed by atoms with Crippen molar-refractivity contribution in [3.63, 3.8) is 0 Å². The van der Waals surface area contributed by atoms with Gasteiger partial charge in [-0.3, -0.25) is 0 Å².